The molecule has 0 atom stereocenters. The fourth-order valence-electron chi connectivity index (χ4n) is 2.10. The van der Waals surface area contributed by atoms with Gasteiger partial charge in [-0.3, -0.25) is 14.4 Å². The van der Waals surface area contributed by atoms with Gasteiger partial charge in [0.25, 0.3) is 11.8 Å². The van der Waals surface area contributed by atoms with E-state index in [0.717, 1.165) is 11.3 Å². The van der Waals surface area contributed by atoms with Crippen molar-refractivity contribution in [3.05, 3.63) is 40.7 Å². The van der Waals surface area contributed by atoms with Gasteiger partial charge >= 0.3 is 5.97 Å². The highest BCUT2D eigenvalue weighted by Gasteiger charge is 2.23. The van der Waals surface area contributed by atoms with Crippen LogP contribution in [0.25, 0.3) is 0 Å². The lowest BCUT2D eigenvalue weighted by molar-refractivity contribution is -0.137. The second-order valence-electron chi connectivity index (χ2n) is 5.17. The van der Waals surface area contributed by atoms with Crippen LogP contribution in [0.15, 0.2) is 28.9 Å². The Morgan fingerprint density at radius 1 is 1.40 bits per heavy atom. The van der Waals surface area contributed by atoms with Crippen LogP contribution in [-0.4, -0.2) is 54.6 Å². The van der Waals surface area contributed by atoms with Crippen LogP contribution in [0, 0.1) is 6.92 Å². The summed E-state index contributed by atoms with van der Waals surface area (Å²) >= 11 is 1.08. The van der Waals surface area contributed by atoms with E-state index in [9.17, 15) is 14.4 Å². The summed E-state index contributed by atoms with van der Waals surface area (Å²) in [7, 11) is 1.47. The van der Waals surface area contributed by atoms with E-state index < -0.39 is 24.3 Å². The standard InChI is InChI=1S/C16H18N2O6S/c1-10-8-12(17-15(21)11-4-3-6-24-11)25-14(10)16(22)18(5-7-23-2)9-13(19)20/h3-4,6,8H,5,7,9H2,1-2H3,(H,17,21)(H,19,20). The summed E-state index contributed by atoms with van der Waals surface area (Å²) in [6.45, 7) is 1.69. The van der Waals surface area contributed by atoms with Gasteiger partial charge in [0, 0.05) is 13.7 Å². The first-order valence-electron chi connectivity index (χ1n) is 7.37. The molecule has 0 aromatic carbocycles. The summed E-state index contributed by atoms with van der Waals surface area (Å²) in [6.07, 6.45) is 1.39. The molecule has 2 N–H and O–H groups in total. The Hall–Kier alpha value is -2.65. The first-order chi connectivity index (χ1) is 11.9. The lowest BCUT2D eigenvalue weighted by Crippen LogP contribution is -2.37. The predicted molar refractivity (Wildman–Crippen MR) is 91.1 cm³/mol. The Balaban J connectivity index is 2.14. The van der Waals surface area contributed by atoms with Gasteiger partial charge in [0.05, 0.1) is 22.7 Å². The second-order valence-corrected chi connectivity index (χ2v) is 6.22. The van der Waals surface area contributed by atoms with E-state index in [2.05, 4.69) is 5.32 Å². The van der Waals surface area contributed by atoms with E-state index in [1.54, 1.807) is 19.1 Å². The fraction of sp³-hybridized carbons (Fsp3) is 0.312. The van der Waals surface area contributed by atoms with Crippen molar-refractivity contribution in [2.45, 2.75) is 6.92 Å². The maximum atomic E-state index is 12.6. The number of aryl methyl sites for hydroxylation is 1. The van der Waals surface area contributed by atoms with E-state index in [-0.39, 0.29) is 18.9 Å². The molecule has 2 heterocycles. The maximum absolute atomic E-state index is 12.6. The molecule has 0 bridgehead atoms. The lowest BCUT2D eigenvalue weighted by Gasteiger charge is -2.19. The van der Waals surface area contributed by atoms with Crippen LogP contribution in [0.4, 0.5) is 5.00 Å². The minimum Gasteiger partial charge on any atom is -0.480 e. The van der Waals surface area contributed by atoms with Crippen LogP contribution in [0.1, 0.15) is 25.8 Å². The molecule has 2 aromatic heterocycles. The number of thiophene rings is 1. The van der Waals surface area contributed by atoms with E-state index >= 15 is 0 Å². The normalized spacial score (nSPS) is 10.5. The Labute approximate surface area is 148 Å². The van der Waals surface area contributed by atoms with Gasteiger partial charge in [-0.25, -0.2) is 0 Å². The quantitative estimate of drug-likeness (QED) is 0.740. The number of anilines is 1. The molecule has 9 heteroatoms. The van der Waals surface area contributed by atoms with Crippen molar-refractivity contribution >= 4 is 34.1 Å². The zero-order valence-electron chi connectivity index (χ0n) is 13.8. The monoisotopic (exact) mass is 366 g/mol. The van der Waals surface area contributed by atoms with Gasteiger partial charge in [0.15, 0.2) is 5.76 Å². The minimum absolute atomic E-state index is 0.159. The van der Waals surface area contributed by atoms with Gasteiger partial charge in [-0.05, 0) is 30.7 Å². The summed E-state index contributed by atoms with van der Waals surface area (Å²) in [5, 5.41) is 12.1. The minimum atomic E-state index is -1.11. The molecule has 134 valence electrons. The Morgan fingerprint density at radius 3 is 2.76 bits per heavy atom. The average molecular weight is 366 g/mol. The number of aliphatic carboxylic acids is 1. The van der Waals surface area contributed by atoms with Crippen LogP contribution < -0.4 is 5.32 Å². The molecule has 0 spiro atoms. The highest BCUT2D eigenvalue weighted by Crippen LogP contribution is 2.28. The number of hydrogen-bond acceptors (Lipinski definition) is 6. The first kappa shape index (κ1) is 18.7. The van der Waals surface area contributed by atoms with Crippen molar-refractivity contribution in [3.63, 3.8) is 0 Å². The van der Waals surface area contributed by atoms with Crippen molar-refractivity contribution in [1.29, 1.82) is 0 Å². The van der Waals surface area contributed by atoms with Gasteiger partial charge in [0.1, 0.15) is 6.54 Å². The Kier molecular flexibility index (Phi) is 6.31. The number of carboxylic acid groups (broad SMARTS) is 1. The van der Waals surface area contributed by atoms with Crippen LogP contribution in [0.3, 0.4) is 0 Å². The molecule has 0 saturated heterocycles. The smallest absolute Gasteiger partial charge is 0.323 e. The Bertz CT molecular complexity index is 753. The number of hydrogen-bond donors (Lipinski definition) is 2. The number of carbonyl (C=O) groups is 3. The number of furan rings is 1. The molecule has 0 aliphatic carbocycles. The van der Waals surface area contributed by atoms with Gasteiger partial charge < -0.3 is 24.5 Å². The topological polar surface area (TPSA) is 109 Å². The molecule has 0 aliphatic heterocycles. The molecule has 0 saturated carbocycles. The number of carbonyl (C=O) groups excluding carboxylic acids is 2. The van der Waals surface area contributed by atoms with Crippen molar-refractivity contribution < 1.29 is 28.6 Å². The van der Waals surface area contributed by atoms with Crippen LogP contribution in [0.2, 0.25) is 0 Å². The molecule has 25 heavy (non-hydrogen) atoms. The third-order valence-electron chi connectivity index (χ3n) is 3.27. The highest BCUT2D eigenvalue weighted by atomic mass is 32.1. The lowest BCUT2D eigenvalue weighted by atomic mass is 10.2. The van der Waals surface area contributed by atoms with Gasteiger partial charge in [0.2, 0.25) is 0 Å². The average Bonchev–Trinajstić information content (AvgIpc) is 3.20. The summed E-state index contributed by atoms with van der Waals surface area (Å²) in [5.74, 6) is -1.79. The zero-order valence-corrected chi connectivity index (χ0v) is 14.6. The van der Waals surface area contributed by atoms with E-state index in [0.29, 0.717) is 15.4 Å². The molecule has 0 fully saturated rings. The predicted octanol–water partition coefficient (Wildman–Crippen LogP) is 2.08. The number of nitrogens with zero attached hydrogens (tertiary/aromatic N) is 1. The summed E-state index contributed by atoms with van der Waals surface area (Å²) < 4.78 is 9.94. The van der Waals surface area contributed by atoms with Crippen molar-refractivity contribution in [3.8, 4) is 0 Å². The third kappa shape index (κ3) is 4.91. The highest BCUT2D eigenvalue weighted by molar-refractivity contribution is 7.18. The number of carboxylic acids is 1. The van der Waals surface area contributed by atoms with E-state index in [4.69, 9.17) is 14.3 Å². The molecule has 2 amide bonds. The summed E-state index contributed by atoms with van der Waals surface area (Å²) in [5.41, 5.74) is 0.651. The van der Waals surface area contributed by atoms with E-state index in [1.807, 2.05) is 0 Å². The zero-order chi connectivity index (χ0) is 18.4. The summed E-state index contributed by atoms with van der Waals surface area (Å²) in [6, 6.07) is 4.79. The third-order valence-corrected chi connectivity index (χ3v) is 4.41. The van der Waals surface area contributed by atoms with Crippen LogP contribution in [-0.2, 0) is 9.53 Å². The fourth-order valence-corrected chi connectivity index (χ4v) is 3.13. The molecular formula is C16H18N2O6S. The van der Waals surface area contributed by atoms with Gasteiger partial charge in [-0.2, -0.15) is 0 Å². The van der Waals surface area contributed by atoms with Crippen molar-refractivity contribution in [1.82, 2.24) is 4.90 Å². The second kappa shape index (κ2) is 8.45. The molecule has 0 unspecified atom stereocenters. The van der Waals surface area contributed by atoms with Crippen molar-refractivity contribution in [2.24, 2.45) is 0 Å². The van der Waals surface area contributed by atoms with E-state index in [1.165, 1.54) is 24.3 Å². The number of rotatable bonds is 8. The van der Waals surface area contributed by atoms with Gasteiger partial charge in [-0.1, -0.05) is 0 Å². The van der Waals surface area contributed by atoms with Crippen molar-refractivity contribution in [2.75, 3.05) is 32.1 Å². The molecule has 8 nitrogen and oxygen atoms in total. The molecule has 0 aliphatic rings. The molecular weight excluding hydrogens is 348 g/mol. The number of amides is 2. The van der Waals surface area contributed by atoms with Gasteiger partial charge in [-0.15, -0.1) is 11.3 Å². The molecule has 2 rings (SSSR count). The number of methoxy groups -OCH3 is 1. The molecule has 2 aromatic rings. The first-order valence-corrected chi connectivity index (χ1v) is 8.19. The largest absolute Gasteiger partial charge is 0.480 e. The number of nitrogens with one attached hydrogen (secondary N) is 1. The number of ether oxygens (including phenoxy) is 1. The maximum Gasteiger partial charge on any atom is 0.323 e. The SMILES string of the molecule is COCCN(CC(=O)O)C(=O)c1sc(NC(=O)c2ccco2)cc1C. The molecule has 0 radical (unpaired) electrons. The van der Waals surface area contributed by atoms with Crippen LogP contribution >= 0.6 is 11.3 Å². The Morgan fingerprint density at radius 2 is 2.16 bits per heavy atom. The summed E-state index contributed by atoms with van der Waals surface area (Å²) in [4.78, 5) is 37.2. The van der Waals surface area contributed by atoms with Crippen LogP contribution in [0.5, 0.6) is 0 Å².